The molecular formula is C17H16N2O3. The fourth-order valence-corrected chi connectivity index (χ4v) is 2.40. The third kappa shape index (κ3) is 2.74. The molecule has 0 aliphatic carbocycles. The molecule has 3 N–H and O–H groups in total. The van der Waals surface area contributed by atoms with Crippen LogP contribution < -0.4 is 10.1 Å². The summed E-state index contributed by atoms with van der Waals surface area (Å²) >= 11 is 0. The minimum absolute atomic E-state index is 0.0582. The molecule has 0 atom stereocenters. The molecule has 0 fully saturated rings. The molecule has 3 aromatic rings. The number of ether oxygens (including phenoxy) is 1. The van der Waals surface area contributed by atoms with Crippen LogP contribution in [0.5, 0.6) is 11.5 Å². The number of carbonyl (C=O) groups is 1. The average molecular weight is 296 g/mol. The second-order valence-electron chi connectivity index (χ2n) is 4.98. The Kier molecular flexibility index (Phi) is 3.70. The Bertz CT molecular complexity index is 824. The number of methoxy groups -OCH3 is 1. The van der Waals surface area contributed by atoms with Gasteiger partial charge in [0.05, 0.1) is 24.7 Å². The molecule has 0 aliphatic rings. The predicted octanol–water partition coefficient (Wildman–Crippen LogP) is 3.06. The molecule has 112 valence electrons. The van der Waals surface area contributed by atoms with Gasteiger partial charge in [-0.15, -0.1) is 0 Å². The number of rotatable bonds is 4. The van der Waals surface area contributed by atoms with Crippen LogP contribution in [-0.2, 0) is 11.2 Å². The number of H-pyrrole nitrogens is 1. The first-order valence-electron chi connectivity index (χ1n) is 6.89. The molecular weight excluding hydrogens is 280 g/mol. The molecule has 0 radical (unpaired) electrons. The molecule has 0 bridgehead atoms. The van der Waals surface area contributed by atoms with Crippen LogP contribution >= 0.6 is 0 Å². The summed E-state index contributed by atoms with van der Waals surface area (Å²) in [4.78, 5) is 15.3. The molecule has 1 amide bonds. The van der Waals surface area contributed by atoms with E-state index >= 15 is 0 Å². The zero-order chi connectivity index (χ0) is 15.5. The van der Waals surface area contributed by atoms with Gasteiger partial charge in [0.2, 0.25) is 5.91 Å². The van der Waals surface area contributed by atoms with Crippen molar-refractivity contribution >= 4 is 22.5 Å². The molecule has 1 aromatic heterocycles. The van der Waals surface area contributed by atoms with Gasteiger partial charge in [-0.05, 0) is 29.8 Å². The number of nitrogens with one attached hydrogen (secondary N) is 2. The molecule has 0 unspecified atom stereocenters. The van der Waals surface area contributed by atoms with Gasteiger partial charge in [-0.2, -0.15) is 0 Å². The first-order valence-corrected chi connectivity index (χ1v) is 6.89. The van der Waals surface area contributed by atoms with E-state index in [1.54, 1.807) is 12.1 Å². The SMILES string of the molecule is COc1cc(CC(=O)Nc2cccc3cc[nH]c23)ccc1O. The number of amides is 1. The van der Waals surface area contributed by atoms with Gasteiger partial charge in [0.15, 0.2) is 11.5 Å². The Morgan fingerprint density at radius 2 is 2.14 bits per heavy atom. The third-order valence-corrected chi connectivity index (χ3v) is 3.47. The summed E-state index contributed by atoms with van der Waals surface area (Å²) in [5.74, 6) is 0.287. The lowest BCUT2D eigenvalue weighted by Crippen LogP contribution is -2.14. The number of carbonyl (C=O) groups excluding carboxylic acids is 1. The Labute approximate surface area is 127 Å². The third-order valence-electron chi connectivity index (χ3n) is 3.47. The van der Waals surface area contributed by atoms with Gasteiger partial charge >= 0.3 is 0 Å². The Morgan fingerprint density at radius 1 is 1.27 bits per heavy atom. The van der Waals surface area contributed by atoms with E-state index in [1.165, 1.54) is 13.2 Å². The lowest BCUT2D eigenvalue weighted by atomic mass is 10.1. The summed E-state index contributed by atoms with van der Waals surface area (Å²) in [5, 5.41) is 13.5. The van der Waals surface area contributed by atoms with Crippen LogP contribution in [-0.4, -0.2) is 23.1 Å². The minimum atomic E-state index is -0.130. The van der Waals surface area contributed by atoms with Crippen molar-refractivity contribution in [2.75, 3.05) is 12.4 Å². The second kappa shape index (κ2) is 5.81. The van der Waals surface area contributed by atoms with Crippen molar-refractivity contribution in [1.29, 1.82) is 0 Å². The Morgan fingerprint density at radius 3 is 2.95 bits per heavy atom. The number of phenols is 1. The van der Waals surface area contributed by atoms with Crippen LogP contribution in [0, 0.1) is 0 Å². The summed E-state index contributed by atoms with van der Waals surface area (Å²) < 4.78 is 5.05. The number of fused-ring (bicyclic) bond motifs is 1. The number of hydrogen-bond donors (Lipinski definition) is 3. The molecule has 0 saturated heterocycles. The molecule has 5 heteroatoms. The summed E-state index contributed by atoms with van der Waals surface area (Å²) in [6.07, 6.45) is 2.04. The Hall–Kier alpha value is -2.95. The molecule has 0 spiro atoms. The zero-order valence-corrected chi connectivity index (χ0v) is 12.1. The fourth-order valence-electron chi connectivity index (χ4n) is 2.40. The first kappa shape index (κ1) is 14.0. The van der Waals surface area contributed by atoms with Gasteiger partial charge in [0.1, 0.15) is 0 Å². The first-order chi connectivity index (χ1) is 10.7. The number of anilines is 1. The lowest BCUT2D eigenvalue weighted by molar-refractivity contribution is -0.115. The predicted molar refractivity (Wildman–Crippen MR) is 85.3 cm³/mol. The molecule has 3 rings (SSSR count). The van der Waals surface area contributed by atoms with E-state index in [9.17, 15) is 9.90 Å². The van der Waals surface area contributed by atoms with Crippen molar-refractivity contribution in [2.24, 2.45) is 0 Å². The van der Waals surface area contributed by atoms with Gasteiger partial charge in [0.25, 0.3) is 0 Å². The molecule has 1 heterocycles. The smallest absolute Gasteiger partial charge is 0.228 e. The summed E-state index contributed by atoms with van der Waals surface area (Å²) in [7, 11) is 1.48. The van der Waals surface area contributed by atoms with E-state index < -0.39 is 0 Å². The average Bonchev–Trinajstić information content (AvgIpc) is 2.99. The number of para-hydroxylation sites is 1. The van der Waals surface area contributed by atoms with E-state index in [0.29, 0.717) is 5.75 Å². The highest BCUT2D eigenvalue weighted by Gasteiger charge is 2.09. The normalized spacial score (nSPS) is 10.6. The molecule has 0 aliphatic heterocycles. The van der Waals surface area contributed by atoms with E-state index in [2.05, 4.69) is 10.3 Å². The van der Waals surface area contributed by atoms with Crippen LogP contribution in [0.1, 0.15) is 5.56 Å². The van der Waals surface area contributed by atoms with Crippen LogP contribution in [0.2, 0.25) is 0 Å². The minimum Gasteiger partial charge on any atom is -0.504 e. The van der Waals surface area contributed by atoms with Crippen molar-refractivity contribution in [2.45, 2.75) is 6.42 Å². The molecule has 0 saturated carbocycles. The highest BCUT2D eigenvalue weighted by molar-refractivity contribution is 6.01. The maximum Gasteiger partial charge on any atom is 0.228 e. The highest BCUT2D eigenvalue weighted by Crippen LogP contribution is 2.27. The molecule has 22 heavy (non-hydrogen) atoms. The topological polar surface area (TPSA) is 74.3 Å². The number of aromatic nitrogens is 1. The van der Waals surface area contributed by atoms with Crippen molar-refractivity contribution in [1.82, 2.24) is 4.98 Å². The standard InChI is InChI=1S/C17H16N2O3/c1-22-15-9-11(5-6-14(15)20)10-16(21)19-13-4-2-3-12-7-8-18-17(12)13/h2-9,18,20H,10H2,1H3,(H,19,21). The Balaban J connectivity index is 1.76. The fraction of sp³-hybridized carbons (Fsp3) is 0.118. The highest BCUT2D eigenvalue weighted by atomic mass is 16.5. The van der Waals surface area contributed by atoms with Gasteiger partial charge in [-0.3, -0.25) is 4.79 Å². The molecule has 5 nitrogen and oxygen atoms in total. The van der Waals surface area contributed by atoms with Crippen molar-refractivity contribution < 1.29 is 14.6 Å². The summed E-state index contributed by atoms with van der Waals surface area (Å²) in [5.41, 5.74) is 2.42. The second-order valence-corrected chi connectivity index (χ2v) is 4.98. The zero-order valence-electron chi connectivity index (χ0n) is 12.1. The van der Waals surface area contributed by atoms with Gasteiger partial charge in [-0.25, -0.2) is 0 Å². The quantitative estimate of drug-likeness (QED) is 0.692. The van der Waals surface area contributed by atoms with E-state index in [4.69, 9.17) is 4.74 Å². The van der Waals surface area contributed by atoms with Crippen LogP contribution in [0.3, 0.4) is 0 Å². The lowest BCUT2D eigenvalue weighted by Gasteiger charge is -2.08. The van der Waals surface area contributed by atoms with E-state index in [-0.39, 0.29) is 18.1 Å². The number of hydrogen-bond acceptors (Lipinski definition) is 3. The number of aromatic hydroxyl groups is 1. The van der Waals surface area contributed by atoms with Gasteiger partial charge in [-0.1, -0.05) is 18.2 Å². The van der Waals surface area contributed by atoms with Crippen molar-refractivity contribution in [3.8, 4) is 11.5 Å². The van der Waals surface area contributed by atoms with Crippen LogP contribution in [0.25, 0.3) is 10.9 Å². The monoisotopic (exact) mass is 296 g/mol. The van der Waals surface area contributed by atoms with E-state index in [0.717, 1.165) is 22.2 Å². The largest absolute Gasteiger partial charge is 0.504 e. The number of benzene rings is 2. The number of aromatic amines is 1. The molecule has 2 aromatic carbocycles. The van der Waals surface area contributed by atoms with E-state index in [1.807, 2.05) is 30.5 Å². The summed E-state index contributed by atoms with van der Waals surface area (Å²) in [6, 6.07) is 12.6. The summed E-state index contributed by atoms with van der Waals surface area (Å²) in [6.45, 7) is 0. The van der Waals surface area contributed by atoms with Crippen molar-refractivity contribution in [3.63, 3.8) is 0 Å². The van der Waals surface area contributed by atoms with Crippen LogP contribution in [0.15, 0.2) is 48.7 Å². The van der Waals surface area contributed by atoms with Gasteiger partial charge in [0, 0.05) is 11.6 Å². The van der Waals surface area contributed by atoms with Crippen LogP contribution in [0.4, 0.5) is 5.69 Å². The maximum atomic E-state index is 12.2. The maximum absolute atomic E-state index is 12.2. The van der Waals surface area contributed by atoms with Crippen molar-refractivity contribution in [3.05, 3.63) is 54.2 Å². The van der Waals surface area contributed by atoms with Gasteiger partial charge < -0.3 is 20.1 Å². The number of phenolic OH excluding ortho intramolecular Hbond substituents is 1.